The number of methoxy groups -OCH3 is 1. The summed E-state index contributed by atoms with van der Waals surface area (Å²) in [5.41, 5.74) is 1.09. The van der Waals surface area contributed by atoms with Crippen molar-refractivity contribution in [1.82, 2.24) is 14.8 Å². The van der Waals surface area contributed by atoms with Gasteiger partial charge >= 0.3 is 12.0 Å². The number of nitrogens with zero attached hydrogens (tertiary/aromatic N) is 3. The Bertz CT molecular complexity index is 1120. The minimum atomic E-state index is -0.965. The van der Waals surface area contributed by atoms with Gasteiger partial charge in [0, 0.05) is 19.3 Å². The number of ether oxygens (including phenoxy) is 1. The van der Waals surface area contributed by atoms with E-state index < -0.39 is 12.0 Å². The molecule has 3 rings (SSSR count). The fraction of sp³-hybridized carbons (Fsp3) is 0.423. The first-order chi connectivity index (χ1) is 17.7. The van der Waals surface area contributed by atoms with Crippen LogP contribution in [0.25, 0.3) is 0 Å². The third-order valence-electron chi connectivity index (χ3n) is 5.97. The first-order valence-corrected chi connectivity index (χ1v) is 12.1. The van der Waals surface area contributed by atoms with Crippen LogP contribution >= 0.6 is 0 Å². The zero-order chi connectivity index (χ0) is 26.9. The van der Waals surface area contributed by atoms with Gasteiger partial charge in [-0.3, -0.25) is 19.7 Å². The Morgan fingerprint density at radius 3 is 2.62 bits per heavy atom. The number of nitrogens with one attached hydrogen (secondary N) is 2. The summed E-state index contributed by atoms with van der Waals surface area (Å²) < 4.78 is 5.42. The largest absolute Gasteiger partial charge is 0.495 e. The average molecular weight is 512 g/mol. The Balaban J connectivity index is 1.68. The number of aromatic nitrogens is 1. The molecule has 1 aliphatic heterocycles. The Morgan fingerprint density at radius 2 is 1.97 bits per heavy atom. The van der Waals surface area contributed by atoms with Gasteiger partial charge in [-0.2, -0.15) is 0 Å². The molecule has 1 aliphatic rings. The number of carboxylic acids is 1. The van der Waals surface area contributed by atoms with E-state index in [0.717, 1.165) is 0 Å². The Kier molecular flexibility index (Phi) is 9.42. The molecule has 1 atom stereocenters. The average Bonchev–Trinajstić information content (AvgIpc) is 2.85. The molecule has 11 nitrogen and oxygen atoms in total. The maximum absolute atomic E-state index is 13.3. The first kappa shape index (κ1) is 27.4. The molecule has 0 spiro atoms. The topological polar surface area (TPSA) is 141 Å². The van der Waals surface area contributed by atoms with E-state index in [9.17, 15) is 19.2 Å². The Labute approximate surface area is 215 Å². The van der Waals surface area contributed by atoms with Crippen LogP contribution in [0.4, 0.5) is 16.3 Å². The molecule has 1 aromatic carbocycles. The Morgan fingerprint density at radius 1 is 1.19 bits per heavy atom. The SMILES string of the molecule is COc1cc(CC(=O)N2CC(=O)N(CCC(=O)O)CC2CC(C)C)ccc1NC(=O)Nc1ccccn1. The standard InChI is InChI=1S/C26H33N5O6/c1-17(2)12-19-15-30(11-9-25(34)35)24(33)16-31(19)23(32)14-18-7-8-20(21(13-18)37-3)28-26(36)29-22-6-4-5-10-27-22/h4-8,10,13,17,19H,9,11-12,14-16H2,1-3H3,(H,34,35)(H2,27,28,29,36). The predicted molar refractivity (Wildman–Crippen MR) is 137 cm³/mol. The van der Waals surface area contributed by atoms with Crippen LogP contribution in [0.2, 0.25) is 0 Å². The molecular formula is C26H33N5O6. The molecule has 1 unspecified atom stereocenters. The smallest absolute Gasteiger partial charge is 0.324 e. The number of anilines is 2. The molecule has 11 heteroatoms. The van der Waals surface area contributed by atoms with Crippen molar-refractivity contribution in [2.75, 3.05) is 37.4 Å². The molecule has 0 radical (unpaired) electrons. The number of amides is 4. The van der Waals surface area contributed by atoms with Crippen LogP contribution in [0.5, 0.6) is 5.75 Å². The van der Waals surface area contributed by atoms with Gasteiger partial charge in [0.25, 0.3) is 0 Å². The second kappa shape index (κ2) is 12.7. The lowest BCUT2D eigenvalue weighted by Crippen LogP contribution is -2.58. The van der Waals surface area contributed by atoms with Gasteiger partial charge < -0.3 is 25.0 Å². The second-order valence-corrected chi connectivity index (χ2v) is 9.29. The lowest BCUT2D eigenvalue weighted by Gasteiger charge is -2.41. The van der Waals surface area contributed by atoms with Crippen LogP contribution in [-0.4, -0.2) is 76.5 Å². The highest BCUT2D eigenvalue weighted by atomic mass is 16.5. The summed E-state index contributed by atoms with van der Waals surface area (Å²) in [6.45, 7) is 4.45. The van der Waals surface area contributed by atoms with Crippen molar-refractivity contribution in [3.05, 3.63) is 48.2 Å². The number of carboxylic acid groups (broad SMARTS) is 1. The second-order valence-electron chi connectivity index (χ2n) is 9.29. The molecule has 0 bridgehead atoms. The lowest BCUT2D eigenvalue weighted by molar-refractivity contribution is -0.150. The van der Waals surface area contributed by atoms with E-state index >= 15 is 0 Å². The van der Waals surface area contributed by atoms with Gasteiger partial charge in [0.1, 0.15) is 18.1 Å². The van der Waals surface area contributed by atoms with E-state index in [2.05, 4.69) is 15.6 Å². The van der Waals surface area contributed by atoms with Crippen molar-refractivity contribution in [3.8, 4) is 5.75 Å². The number of hydrogen-bond acceptors (Lipinski definition) is 6. The van der Waals surface area contributed by atoms with E-state index in [1.807, 2.05) is 13.8 Å². The zero-order valence-electron chi connectivity index (χ0n) is 21.3. The van der Waals surface area contributed by atoms with E-state index in [-0.39, 0.29) is 49.7 Å². The predicted octanol–water partition coefficient (Wildman–Crippen LogP) is 2.84. The monoisotopic (exact) mass is 511 g/mol. The van der Waals surface area contributed by atoms with E-state index in [1.165, 1.54) is 12.0 Å². The molecule has 2 heterocycles. The summed E-state index contributed by atoms with van der Waals surface area (Å²) in [5, 5.41) is 14.3. The van der Waals surface area contributed by atoms with Gasteiger partial charge in [-0.15, -0.1) is 0 Å². The van der Waals surface area contributed by atoms with Gasteiger partial charge in [0.05, 0.1) is 31.7 Å². The van der Waals surface area contributed by atoms with Crippen molar-refractivity contribution < 1.29 is 29.0 Å². The van der Waals surface area contributed by atoms with Crippen molar-refractivity contribution in [1.29, 1.82) is 0 Å². The molecule has 2 aromatic rings. The van der Waals surface area contributed by atoms with Crippen LogP contribution in [-0.2, 0) is 20.8 Å². The first-order valence-electron chi connectivity index (χ1n) is 12.1. The third-order valence-corrected chi connectivity index (χ3v) is 5.97. The number of aliphatic carboxylic acids is 1. The van der Waals surface area contributed by atoms with Gasteiger partial charge in [-0.25, -0.2) is 9.78 Å². The molecule has 1 aromatic heterocycles. The number of pyridine rings is 1. The molecule has 0 saturated carbocycles. The maximum Gasteiger partial charge on any atom is 0.324 e. The Hall–Kier alpha value is -4.15. The molecule has 3 N–H and O–H groups in total. The summed E-state index contributed by atoms with van der Waals surface area (Å²) in [6, 6.07) is 9.52. The third kappa shape index (κ3) is 7.92. The molecule has 1 saturated heterocycles. The summed E-state index contributed by atoms with van der Waals surface area (Å²) in [7, 11) is 1.47. The summed E-state index contributed by atoms with van der Waals surface area (Å²) in [4.78, 5) is 56.4. The van der Waals surface area contributed by atoms with Crippen molar-refractivity contribution in [3.63, 3.8) is 0 Å². The van der Waals surface area contributed by atoms with Crippen molar-refractivity contribution >= 4 is 35.3 Å². The number of hydrogen-bond donors (Lipinski definition) is 3. The summed E-state index contributed by atoms with van der Waals surface area (Å²) in [5.74, 6) is -0.354. The molecule has 198 valence electrons. The van der Waals surface area contributed by atoms with Gasteiger partial charge in [-0.05, 0) is 42.2 Å². The quantitative estimate of drug-likeness (QED) is 0.445. The van der Waals surface area contributed by atoms with E-state index in [1.54, 1.807) is 47.5 Å². The van der Waals surface area contributed by atoms with Crippen molar-refractivity contribution in [2.45, 2.75) is 39.2 Å². The number of rotatable bonds is 10. The van der Waals surface area contributed by atoms with Crippen LogP contribution in [0.3, 0.4) is 0 Å². The number of carbonyl (C=O) groups excluding carboxylic acids is 3. The molecular weight excluding hydrogens is 478 g/mol. The van der Waals surface area contributed by atoms with Crippen molar-refractivity contribution in [2.24, 2.45) is 5.92 Å². The van der Waals surface area contributed by atoms with Crippen LogP contribution < -0.4 is 15.4 Å². The van der Waals surface area contributed by atoms with Gasteiger partial charge in [0.2, 0.25) is 11.8 Å². The van der Waals surface area contributed by atoms with E-state index in [0.29, 0.717) is 35.8 Å². The lowest BCUT2D eigenvalue weighted by atomic mass is 9.98. The number of urea groups is 1. The number of carbonyl (C=O) groups is 4. The van der Waals surface area contributed by atoms with E-state index in [4.69, 9.17) is 9.84 Å². The van der Waals surface area contributed by atoms with Crippen LogP contribution in [0.15, 0.2) is 42.6 Å². The number of piperazine rings is 1. The minimum Gasteiger partial charge on any atom is -0.495 e. The minimum absolute atomic E-state index is 0.0494. The normalized spacial score (nSPS) is 15.5. The molecule has 1 fully saturated rings. The molecule has 4 amide bonds. The highest BCUT2D eigenvalue weighted by Gasteiger charge is 2.35. The number of benzene rings is 1. The zero-order valence-corrected chi connectivity index (χ0v) is 21.3. The van der Waals surface area contributed by atoms with Gasteiger partial charge in [0.15, 0.2) is 0 Å². The summed E-state index contributed by atoms with van der Waals surface area (Å²) in [6.07, 6.45) is 2.18. The summed E-state index contributed by atoms with van der Waals surface area (Å²) >= 11 is 0. The maximum atomic E-state index is 13.3. The highest BCUT2D eigenvalue weighted by molar-refractivity contribution is 6.00. The van der Waals surface area contributed by atoms with Gasteiger partial charge in [-0.1, -0.05) is 26.0 Å². The fourth-order valence-corrected chi connectivity index (χ4v) is 4.25. The molecule has 0 aliphatic carbocycles. The fourth-order valence-electron chi connectivity index (χ4n) is 4.25. The molecule has 37 heavy (non-hydrogen) atoms. The van der Waals surface area contributed by atoms with Crippen LogP contribution in [0.1, 0.15) is 32.3 Å². The van der Waals surface area contributed by atoms with Crippen LogP contribution in [0, 0.1) is 5.92 Å². The highest BCUT2D eigenvalue weighted by Crippen LogP contribution is 2.27.